The molecule has 0 unspecified atom stereocenters. The lowest BCUT2D eigenvalue weighted by Gasteiger charge is -2.07. The molecule has 1 amide bonds. The minimum absolute atomic E-state index is 0.0803. The summed E-state index contributed by atoms with van der Waals surface area (Å²) in [5.74, 6) is 0.349. The second-order valence-electron chi connectivity index (χ2n) is 6.04. The van der Waals surface area contributed by atoms with E-state index in [9.17, 15) is 9.59 Å². The Labute approximate surface area is 158 Å². The lowest BCUT2D eigenvalue weighted by Crippen LogP contribution is -2.23. The van der Waals surface area contributed by atoms with Crippen molar-refractivity contribution >= 4 is 11.7 Å². The van der Waals surface area contributed by atoms with E-state index >= 15 is 0 Å². The Balaban J connectivity index is 1.65. The zero-order valence-corrected chi connectivity index (χ0v) is 15.0. The number of pyridine rings is 1. The summed E-state index contributed by atoms with van der Waals surface area (Å²) in [7, 11) is 1.56. The summed E-state index contributed by atoms with van der Waals surface area (Å²) in [5, 5.41) is 2.87. The molecular weight excluding hydrogens is 340 g/mol. The Bertz CT molecular complexity index is 939. The molecule has 0 radical (unpaired) electrons. The van der Waals surface area contributed by atoms with Gasteiger partial charge in [-0.3, -0.25) is 14.6 Å². The van der Waals surface area contributed by atoms with E-state index in [4.69, 9.17) is 4.74 Å². The minimum Gasteiger partial charge on any atom is -0.497 e. The fourth-order valence-electron chi connectivity index (χ4n) is 2.66. The number of carbonyl (C=O) groups excluding carboxylic acids is 2. The standard InChI is InChI=1S/C22H20N2O3/c1-27-20-9-5-8-17(13-20)21(25)14-19-12-18(10-11-23-19)22(26)24-15-16-6-3-2-4-7-16/h2-13H,14-15H2,1H3,(H,24,26). The van der Waals surface area contributed by atoms with Crippen LogP contribution in [0.3, 0.4) is 0 Å². The number of hydrogen-bond acceptors (Lipinski definition) is 4. The third-order valence-corrected chi connectivity index (χ3v) is 4.11. The lowest BCUT2D eigenvalue weighted by molar-refractivity contribution is 0.0947. The fourth-order valence-corrected chi connectivity index (χ4v) is 2.66. The van der Waals surface area contributed by atoms with Crippen LogP contribution in [0.1, 0.15) is 32.0 Å². The van der Waals surface area contributed by atoms with Gasteiger partial charge < -0.3 is 10.1 Å². The lowest BCUT2D eigenvalue weighted by atomic mass is 10.0. The van der Waals surface area contributed by atoms with Gasteiger partial charge in [-0.05, 0) is 29.8 Å². The zero-order valence-electron chi connectivity index (χ0n) is 15.0. The topological polar surface area (TPSA) is 68.3 Å². The van der Waals surface area contributed by atoms with Crippen LogP contribution in [-0.4, -0.2) is 23.8 Å². The van der Waals surface area contributed by atoms with Crippen molar-refractivity contribution in [2.75, 3.05) is 7.11 Å². The first-order chi connectivity index (χ1) is 13.2. The van der Waals surface area contributed by atoms with Gasteiger partial charge >= 0.3 is 0 Å². The minimum atomic E-state index is -0.198. The molecule has 0 saturated carbocycles. The number of nitrogens with one attached hydrogen (secondary N) is 1. The van der Waals surface area contributed by atoms with E-state index in [0.717, 1.165) is 5.56 Å². The normalized spacial score (nSPS) is 10.3. The maximum Gasteiger partial charge on any atom is 0.251 e. The maximum atomic E-state index is 12.5. The quantitative estimate of drug-likeness (QED) is 0.655. The third-order valence-electron chi connectivity index (χ3n) is 4.11. The van der Waals surface area contributed by atoms with E-state index in [0.29, 0.717) is 29.1 Å². The smallest absolute Gasteiger partial charge is 0.251 e. The summed E-state index contributed by atoms with van der Waals surface area (Å²) >= 11 is 0. The number of ether oxygens (including phenoxy) is 1. The predicted molar refractivity (Wildman–Crippen MR) is 103 cm³/mol. The van der Waals surface area contributed by atoms with Crippen molar-refractivity contribution in [1.29, 1.82) is 0 Å². The average molecular weight is 360 g/mol. The Kier molecular flexibility index (Phi) is 5.94. The summed E-state index contributed by atoms with van der Waals surface area (Å²) in [6, 6.07) is 20.0. The van der Waals surface area contributed by atoms with E-state index in [-0.39, 0.29) is 18.1 Å². The highest BCUT2D eigenvalue weighted by atomic mass is 16.5. The SMILES string of the molecule is COc1cccc(C(=O)Cc2cc(C(=O)NCc3ccccc3)ccn2)c1. The molecule has 136 valence electrons. The van der Waals surface area contributed by atoms with Crippen LogP contribution in [-0.2, 0) is 13.0 Å². The molecule has 0 aliphatic carbocycles. The Morgan fingerprint density at radius 3 is 2.56 bits per heavy atom. The summed E-state index contributed by atoms with van der Waals surface area (Å²) in [6.07, 6.45) is 1.67. The molecule has 5 nitrogen and oxygen atoms in total. The van der Waals surface area contributed by atoms with E-state index in [1.807, 2.05) is 30.3 Å². The number of ketones is 1. The van der Waals surface area contributed by atoms with Gasteiger partial charge in [0.1, 0.15) is 5.75 Å². The maximum absolute atomic E-state index is 12.5. The van der Waals surface area contributed by atoms with Gasteiger partial charge in [-0.1, -0.05) is 42.5 Å². The number of amides is 1. The predicted octanol–water partition coefficient (Wildman–Crippen LogP) is 3.45. The van der Waals surface area contributed by atoms with Crippen LogP contribution in [0.5, 0.6) is 5.75 Å². The van der Waals surface area contributed by atoms with E-state index in [2.05, 4.69) is 10.3 Å². The van der Waals surface area contributed by atoms with Crippen molar-refractivity contribution < 1.29 is 14.3 Å². The van der Waals surface area contributed by atoms with Crippen molar-refractivity contribution in [3.8, 4) is 5.75 Å². The van der Waals surface area contributed by atoms with Crippen LogP contribution in [0.2, 0.25) is 0 Å². The van der Waals surface area contributed by atoms with Gasteiger partial charge in [-0.15, -0.1) is 0 Å². The Morgan fingerprint density at radius 1 is 0.963 bits per heavy atom. The van der Waals surface area contributed by atoms with E-state index in [1.54, 1.807) is 49.7 Å². The first-order valence-corrected chi connectivity index (χ1v) is 8.60. The number of carbonyl (C=O) groups is 2. The molecular formula is C22H20N2O3. The van der Waals surface area contributed by atoms with Gasteiger partial charge in [0.05, 0.1) is 13.5 Å². The van der Waals surface area contributed by atoms with Crippen molar-refractivity contribution in [1.82, 2.24) is 10.3 Å². The second-order valence-corrected chi connectivity index (χ2v) is 6.04. The molecule has 2 aromatic carbocycles. The van der Waals surface area contributed by atoms with Crippen molar-refractivity contribution in [2.45, 2.75) is 13.0 Å². The Morgan fingerprint density at radius 2 is 1.78 bits per heavy atom. The molecule has 3 aromatic rings. The van der Waals surface area contributed by atoms with E-state index < -0.39 is 0 Å². The molecule has 3 rings (SSSR count). The van der Waals surface area contributed by atoms with Gasteiger partial charge in [0.2, 0.25) is 0 Å². The molecule has 0 saturated heterocycles. The van der Waals surface area contributed by atoms with Gasteiger partial charge in [0.25, 0.3) is 5.91 Å². The molecule has 0 bridgehead atoms. The molecule has 0 spiro atoms. The highest BCUT2D eigenvalue weighted by Crippen LogP contribution is 2.15. The number of hydrogen-bond donors (Lipinski definition) is 1. The first-order valence-electron chi connectivity index (χ1n) is 8.60. The van der Waals surface area contributed by atoms with Crippen LogP contribution in [0.4, 0.5) is 0 Å². The Hall–Kier alpha value is -3.47. The highest BCUT2D eigenvalue weighted by molar-refractivity contribution is 5.98. The van der Waals surface area contributed by atoms with Crippen LogP contribution in [0.15, 0.2) is 72.9 Å². The van der Waals surface area contributed by atoms with Crippen molar-refractivity contribution in [3.05, 3.63) is 95.3 Å². The largest absolute Gasteiger partial charge is 0.497 e. The summed E-state index contributed by atoms with van der Waals surface area (Å²) < 4.78 is 5.15. The molecule has 1 N–H and O–H groups in total. The fraction of sp³-hybridized carbons (Fsp3) is 0.136. The number of methoxy groups -OCH3 is 1. The molecule has 0 aliphatic heterocycles. The van der Waals surface area contributed by atoms with Crippen molar-refractivity contribution in [2.24, 2.45) is 0 Å². The number of rotatable bonds is 7. The highest BCUT2D eigenvalue weighted by Gasteiger charge is 2.12. The number of benzene rings is 2. The number of aromatic nitrogens is 1. The van der Waals surface area contributed by atoms with E-state index in [1.165, 1.54) is 0 Å². The molecule has 27 heavy (non-hydrogen) atoms. The number of nitrogens with zero attached hydrogens (tertiary/aromatic N) is 1. The molecule has 1 heterocycles. The average Bonchev–Trinajstić information content (AvgIpc) is 2.73. The van der Waals surface area contributed by atoms with Crippen LogP contribution in [0.25, 0.3) is 0 Å². The second kappa shape index (κ2) is 8.76. The molecule has 0 fully saturated rings. The summed E-state index contributed by atoms with van der Waals surface area (Å²) in [5.41, 5.74) is 2.60. The molecule has 0 aliphatic rings. The molecule has 0 atom stereocenters. The van der Waals surface area contributed by atoms with Gasteiger partial charge in [-0.2, -0.15) is 0 Å². The zero-order chi connectivity index (χ0) is 19.1. The summed E-state index contributed by atoms with van der Waals surface area (Å²) in [6.45, 7) is 0.445. The monoisotopic (exact) mass is 360 g/mol. The van der Waals surface area contributed by atoms with Crippen LogP contribution in [0, 0.1) is 0 Å². The van der Waals surface area contributed by atoms with Crippen molar-refractivity contribution in [3.63, 3.8) is 0 Å². The van der Waals surface area contributed by atoms with Gasteiger partial charge in [0, 0.05) is 29.6 Å². The first kappa shape index (κ1) is 18.3. The van der Waals surface area contributed by atoms with Crippen LogP contribution >= 0.6 is 0 Å². The van der Waals surface area contributed by atoms with Gasteiger partial charge in [0.15, 0.2) is 5.78 Å². The number of Topliss-reactive ketones (excluding diaryl/α,β-unsaturated/α-hetero) is 1. The molecule has 1 aromatic heterocycles. The summed E-state index contributed by atoms with van der Waals surface area (Å²) in [4.78, 5) is 29.1. The van der Waals surface area contributed by atoms with Gasteiger partial charge in [-0.25, -0.2) is 0 Å². The van der Waals surface area contributed by atoms with Crippen LogP contribution < -0.4 is 10.1 Å². The molecule has 5 heteroatoms. The third kappa shape index (κ3) is 5.01.